The summed E-state index contributed by atoms with van der Waals surface area (Å²) in [5.41, 5.74) is -0.0445. The molecule has 0 saturated carbocycles. The summed E-state index contributed by atoms with van der Waals surface area (Å²) in [7, 11) is 1.67. The van der Waals surface area contributed by atoms with E-state index < -0.39 is 11.7 Å². The summed E-state index contributed by atoms with van der Waals surface area (Å²) in [6.07, 6.45) is 1.71. The summed E-state index contributed by atoms with van der Waals surface area (Å²) in [4.78, 5) is 4.32. The highest BCUT2D eigenvalue weighted by atomic mass is 35.5. The van der Waals surface area contributed by atoms with Crippen molar-refractivity contribution >= 4 is 11.6 Å². The zero-order valence-electron chi connectivity index (χ0n) is 15.7. The Morgan fingerprint density at radius 2 is 2.26 bits per heavy atom. The molecule has 0 amide bonds. The third-order valence-corrected chi connectivity index (χ3v) is 5.15. The number of methoxy groups -OCH3 is 1. The van der Waals surface area contributed by atoms with E-state index in [1.165, 1.54) is 0 Å². The van der Waals surface area contributed by atoms with E-state index >= 15 is 0 Å². The second-order valence-corrected chi connectivity index (χ2v) is 7.15. The molecule has 2 heterocycles. The monoisotopic (exact) mass is 395 g/mol. The van der Waals surface area contributed by atoms with Gasteiger partial charge < -0.3 is 24.4 Å². The minimum Gasteiger partial charge on any atom is -0.385 e. The number of benzene rings is 1. The largest absolute Gasteiger partial charge is 0.385 e. The van der Waals surface area contributed by atoms with E-state index in [2.05, 4.69) is 15.5 Å². The van der Waals surface area contributed by atoms with Crippen LogP contribution in [0.25, 0.3) is 11.5 Å². The van der Waals surface area contributed by atoms with Crippen LogP contribution in [0.4, 0.5) is 0 Å². The molecule has 1 aromatic heterocycles. The van der Waals surface area contributed by atoms with E-state index in [1.54, 1.807) is 20.1 Å². The predicted molar refractivity (Wildman–Crippen MR) is 102 cm³/mol. The molecule has 0 aliphatic carbocycles. The highest BCUT2D eigenvalue weighted by molar-refractivity contribution is 6.33. The summed E-state index contributed by atoms with van der Waals surface area (Å²) in [5.74, 6) is 0.808. The van der Waals surface area contributed by atoms with Crippen molar-refractivity contribution in [1.29, 1.82) is 0 Å². The molecule has 148 valence electrons. The lowest BCUT2D eigenvalue weighted by Gasteiger charge is -2.40. The van der Waals surface area contributed by atoms with Crippen LogP contribution in [-0.2, 0) is 15.1 Å². The van der Waals surface area contributed by atoms with Gasteiger partial charge in [-0.2, -0.15) is 4.98 Å². The number of ether oxygens (including phenoxy) is 2. The smallest absolute Gasteiger partial charge is 0.259 e. The molecule has 0 unspecified atom stereocenters. The van der Waals surface area contributed by atoms with Crippen molar-refractivity contribution in [3.05, 3.63) is 34.6 Å². The molecule has 1 aliphatic rings. The number of hydrogen-bond donors (Lipinski definition) is 2. The summed E-state index contributed by atoms with van der Waals surface area (Å²) in [6.45, 7) is 4.25. The SMILES string of the molecule is COCCCC[C@@](O)(c1cccc(Cl)c1-c1nc(C)no1)[C@H]1CNCCO1. The van der Waals surface area contributed by atoms with Crippen molar-refractivity contribution < 1.29 is 19.1 Å². The standard InChI is InChI=1S/C19H26ClN3O4/c1-13-22-18(27-23-13)17-14(6-5-7-15(17)20)19(24,8-3-4-10-25-2)16-12-21-9-11-26-16/h5-7,16,21,24H,3-4,8-12H2,1-2H3/t16-,19-/m1/s1. The van der Waals surface area contributed by atoms with Gasteiger partial charge in [0.15, 0.2) is 5.82 Å². The second kappa shape index (κ2) is 9.12. The Bertz CT molecular complexity index is 748. The Kier molecular flexibility index (Phi) is 6.83. The molecular formula is C19H26ClN3O4. The first kappa shape index (κ1) is 20.2. The van der Waals surface area contributed by atoms with Crippen molar-refractivity contribution in [1.82, 2.24) is 15.5 Å². The van der Waals surface area contributed by atoms with Gasteiger partial charge in [-0.1, -0.05) is 28.9 Å². The molecule has 0 spiro atoms. The molecule has 0 radical (unpaired) electrons. The molecule has 1 saturated heterocycles. The lowest BCUT2D eigenvalue weighted by atomic mass is 9.80. The van der Waals surface area contributed by atoms with Crippen molar-refractivity contribution in [2.24, 2.45) is 0 Å². The fourth-order valence-electron chi connectivity index (χ4n) is 3.48. The van der Waals surface area contributed by atoms with E-state index in [0.29, 0.717) is 54.0 Å². The van der Waals surface area contributed by atoms with Crippen LogP contribution in [-0.4, -0.2) is 54.8 Å². The molecule has 3 rings (SSSR count). The Balaban J connectivity index is 2.02. The van der Waals surface area contributed by atoms with E-state index in [9.17, 15) is 5.11 Å². The minimum atomic E-state index is -1.25. The molecule has 27 heavy (non-hydrogen) atoms. The summed E-state index contributed by atoms with van der Waals surface area (Å²) in [6, 6.07) is 5.43. The van der Waals surface area contributed by atoms with Crippen LogP contribution in [0.5, 0.6) is 0 Å². The number of aryl methyl sites for hydroxylation is 1. The molecule has 2 N–H and O–H groups in total. The fourth-order valence-corrected chi connectivity index (χ4v) is 3.74. The first-order valence-corrected chi connectivity index (χ1v) is 9.57. The highest BCUT2D eigenvalue weighted by Gasteiger charge is 2.42. The summed E-state index contributed by atoms with van der Waals surface area (Å²) < 4.78 is 16.4. The minimum absolute atomic E-state index is 0.298. The normalized spacial score (nSPS) is 19.8. The number of rotatable bonds is 8. The average molecular weight is 396 g/mol. The zero-order chi connectivity index (χ0) is 19.3. The van der Waals surface area contributed by atoms with Gasteiger partial charge in [-0.15, -0.1) is 0 Å². The zero-order valence-corrected chi connectivity index (χ0v) is 16.5. The highest BCUT2D eigenvalue weighted by Crippen LogP contribution is 2.41. The Morgan fingerprint density at radius 3 is 2.93 bits per heavy atom. The van der Waals surface area contributed by atoms with E-state index in [4.69, 9.17) is 25.6 Å². The van der Waals surface area contributed by atoms with E-state index in [0.717, 1.165) is 19.4 Å². The number of halogens is 1. The van der Waals surface area contributed by atoms with Crippen LogP contribution < -0.4 is 5.32 Å². The van der Waals surface area contributed by atoms with Gasteiger partial charge in [0.05, 0.1) is 17.2 Å². The molecule has 8 heteroatoms. The number of morpholine rings is 1. The van der Waals surface area contributed by atoms with Gasteiger partial charge in [0.1, 0.15) is 11.7 Å². The third-order valence-electron chi connectivity index (χ3n) is 4.84. The van der Waals surface area contributed by atoms with Gasteiger partial charge in [0, 0.05) is 32.4 Å². The molecular weight excluding hydrogens is 370 g/mol. The van der Waals surface area contributed by atoms with Crippen LogP contribution in [0.2, 0.25) is 5.02 Å². The average Bonchev–Trinajstić information content (AvgIpc) is 3.11. The molecule has 1 aliphatic heterocycles. The van der Waals surface area contributed by atoms with Gasteiger partial charge in [0.2, 0.25) is 0 Å². The van der Waals surface area contributed by atoms with Crippen molar-refractivity contribution in [2.75, 3.05) is 33.4 Å². The van der Waals surface area contributed by atoms with Crippen LogP contribution in [0.3, 0.4) is 0 Å². The van der Waals surface area contributed by atoms with Crippen molar-refractivity contribution in [2.45, 2.75) is 37.9 Å². The Morgan fingerprint density at radius 1 is 1.41 bits per heavy atom. The number of nitrogens with one attached hydrogen (secondary N) is 1. The van der Waals surface area contributed by atoms with Crippen LogP contribution in [0.1, 0.15) is 30.7 Å². The predicted octanol–water partition coefficient (Wildman–Crippen LogP) is 2.69. The van der Waals surface area contributed by atoms with E-state index in [1.807, 2.05) is 12.1 Å². The van der Waals surface area contributed by atoms with Gasteiger partial charge in [0.25, 0.3) is 5.89 Å². The summed E-state index contributed by atoms with van der Waals surface area (Å²) >= 11 is 6.49. The van der Waals surface area contributed by atoms with Crippen LogP contribution in [0, 0.1) is 6.92 Å². The Labute approximate surface area is 164 Å². The topological polar surface area (TPSA) is 89.6 Å². The number of unbranched alkanes of at least 4 members (excludes halogenated alkanes) is 1. The summed E-state index contributed by atoms with van der Waals surface area (Å²) in [5, 5.41) is 19.4. The number of nitrogens with zero attached hydrogens (tertiary/aromatic N) is 2. The molecule has 2 atom stereocenters. The van der Waals surface area contributed by atoms with Crippen LogP contribution >= 0.6 is 11.6 Å². The second-order valence-electron chi connectivity index (χ2n) is 6.75. The van der Waals surface area contributed by atoms with Crippen LogP contribution in [0.15, 0.2) is 22.7 Å². The molecule has 1 aromatic carbocycles. The first-order valence-electron chi connectivity index (χ1n) is 9.19. The van der Waals surface area contributed by atoms with Crippen molar-refractivity contribution in [3.8, 4) is 11.5 Å². The van der Waals surface area contributed by atoms with Gasteiger partial charge in [-0.3, -0.25) is 0 Å². The number of aliphatic hydroxyl groups is 1. The molecule has 7 nitrogen and oxygen atoms in total. The maximum Gasteiger partial charge on any atom is 0.259 e. The number of aromatic nitrogens is 2. The first-order chi connectivity index (χ1) is 13.1. The van der Waals surface area contributed by atoms with Gasteiger partial charge in [-0.25, -0.2) is 0 Å². The maximum atomic E-state index is 11.8. The maximum absolute atomic E-state index is 11.8. The third kappa shape index (κ3) is 4.50. The van der Waals surface area contributed by atoms with Crippen molar-refractivity contribution in [3.63, 3.8) is 0 Å². The molecule has 1 fully saturated rings. The van der Waals surface area contributed by atoms with Gasteiger partial charge in [-0.05, 0) is 32.3 Å². The quantitative estimate of drug-likeness (QED) is 0.664. The number of hydrogen-bond acceptors (Lipinski definition) is 7. The molecule has 0 bridgehead atoms. The lowest BCUT2D eigenvalue weighted by molar-refractivity contribution is -0.129. The Hall–Kier alpha value is -1.51. The van der Waals surface area contributed by atoms with E-state index in [-0.39, 0.29) is 0 Å². The lowest BCUT2D eigenvalue weighted by Crippen LogP contribution is -2.51. The fraction of sp³-hybridized carbons (Fsp3) is 0.579. The van der Waals surface area contributed by atoms with Gasteiger partial charge >= 0.3 is 0 Å². The molecule has 2 aromatic rings.